The summed E-state index contributed by atoms with van der Waals surface area (Å²) in [5, 5.41) is 2.89. The van der Waals surface area contributed by atoms with Gasteiger partial charge in [-0.05, 0) is 25.0 Å². The van der Waals surface area contributed by atoms with E-state index in [0.29, 0.717) is 12.2 Å². The maximum absolute atomic E-state index is 12.7. The Bertz CT molecular complexity index is 581. The number of amides is 2. The molecule has 5 heteroatoms. The van der Waals surface area contributed by atoms with E-state index >= 15 is 0 Å². The van der Waals surface area contributed by atoms with Gasteiger partial charge in [-0.25, -0.2) is 0 Å². The van der Waals surface area contributed by atoms with Crippen LogP contribution in [0.3, 0.4) is 0 Å². The van der Waals surface area contributed by atoms with E-state index in [9.17, 15) is 9.59 Å². The second-order valence-corrected chi connectivity index (χ2v) is 6.48. The van der Waals surface area contributed by atoms with Gasteiger partial charge in [0.05, 0.1) is 23.4 Å². The number of fused-ring (bicyclic) bond motifs is 1. The fraction of sp³-hybridized carbons (Fsp3) is 0.556. The van der Waals surface area contributed by atoms with E-state index in [4.69, 9.17) is 4.74 Å². The monoisotopic (exact) mass is 316 g/mol. The van der Waals surface area contributed by atoms with Crippen LogP contribution in [-0.4, -0.2) is 31.1 Å². The molecule has 124 valence electrons. The van der Waals surface area contributed by atoms with Gasteiger partial charge in [-0.3, -0.25) is 9.59 Å². The average Bonchev–Trinajstić information content (AvgIpc) is 2.71. The van der Waals surface area contributed by atoms with Crippen LogP contribution in [0.4, 0.5) is 11.4 Å². The zero-order valence-corrected chi connectivity index (χ0v) is 13.6. The number of para-hydroxylation sites is 2. The number of hydrogen-bond acceptors (Lipinski definition) is 3. The lowest BCUT2D eigenvalue weighted by molar-refractivity contribution is -0.126. The first kappa shape index (κ1) is 16.0. The Balaban J connectivity index is 1.71. The summed E-state index contributed by atoms with van der Waals surface area (Å²) in [6.45, 7) is 2.30. The van der Waals surface area contributed by atoms with Crippen LogP contribution >= 0.6 is 0 Å². The van der Waals surface area contributed by atoms with Gasteiger partial charge in [0.25, 0.3) is 5.91 Å². The van der Waals surface area contributed by atoms with Crippen molar-refractivity contribution in [3.63, 3.8) is 0 Å². The predicted molar refractivity (Wildman–Crippen MR) is 89.4 cm³/mol. The molecule has 1 aliphatic carbocycles. The van der Waals surface area contributed by atoms with Crippen LogP contribution in [0.5, 0.6) is 0 Å². The fourth-order valence-electron chi connectivity index (χ4n) is 3.26. The van der Waals surface area contributed by atoms with Gasteiger partial charge in [-0.15, -0.1) is 0 Å². The van der Waals surface area contributed by atoms with Crippen LogP contribution in [0, 0.1) is 5.92 Å². The first-order chi connectivity index (χ1) is 11.1. The van der Waals surface area contributed by atoms with Crippen LogP contribution in [0.15, 0.2) is 24.3 Å². The molecule has 23 heavy (non-hydrogen) atoms. The highest BCUT2D eigenvalue weighted by Gasteiger charge is 2.29. The van der Waals surface area contributed by atoms with Gasteiger partial charge < -0.3 is 15.0 Å². The van der Waals surface area contributed by atoms with E-state index in [1.54, 1.807) is 4.90 Å². The number of anilines is 2. The van der Waals surface area contributed by atoms with E-state index < -0.39 is 0 Å². The number of nitrogens with zero attached hydrogens (tertiary/aromatic N) is 1. The molecule has 0 spiro atoms. The molecular formula is C18H24N2O3. The zero-order valence-electron chi connectivity index (χ0n) is 13.6. The Morgan fingerprint density at radius 3 is 2.78 bits per heavy atom. The summed E-state index contributed by atoms with van der Waals surface area (Å²) in [6, 6.07) is 7.43. The first-order valence-corrected chi connectivity index (χ1v) is 8.47. The van der Waals surface area contributed by atoms with Crippen LogP contribution in [0.25, 0.3) is 0 Å². The van der Waals surface area contributed by atoms with Crippen LogP contribution in [0.1, 0.15) is 39.0 Å². The van der Waals surface area contributed by atoms with Gasteiger partial charge in [0, 0.05) is 6.54 Å². The number of rotatable bonds is 3. The lowest BCUT2D eigenvalue weighted by atomic mass is 9.98. The van der Waals surface area contributed by atoms with Crippen molar-refractivity contribution >= 4 is 23.2 Å². The quantitative estimate of drug-likeness (QED) is 0.932. The maximum Gasteiger partial charge on any atom is 0.253 e. The fourth-order valence-corrected chi connectivity index (χ4v) is 3.26. The third-order valence-corrected chi connectivity index (χ3v) is 4.65. The highest BCUT2D eigenvalue weighted by molar-refractivity contribution is 6.04. The van der Waals surface area contributed by atoms with Crippen LogP contribution in [0.2, 0.25) is 0 Å². The molecule has 2 aliphatic rings. The van der Waals surface area contributed by atoms with Crippen molar-refractivity contribution in [3.8, 4) is 0 Å². The third-order valence-electron chi connectivity index (χ3n) is 4.65. The summed E-state index contributed by atoms with van der Waals surface area (Å²) in [4.78, 5) is 26.4. The molecular weight excluding hydrogens is 292 g/mol. The number of carbonyl (C=O) groups is 2. The Morgan fingerprint density at radius 1 is 1.26 bits per heavy atom. The van der Waals surface area contributed by atoms with Crippen molar-refractivity contribution in [3.05, 3.63) is 24.3 Å². The Morgan fingerprint density at radius 2 is 2.00 bits per heavy atom. The topological polar surface area (TPSA) is 58.6 Å². The molecule has 5 nitrogen and oxygen atoms in total. The average molecular weight is 316 g/mol. The molecule has 1 aliphatic heterocycles. The minimum Gasteiger partial charge on any atom is -0.368 e. The summed E-state index contributed by atoms with van der Waals surface area (Å²) in [5.74, 6) is -0.381. The van der Waals surface area contributed by atoms with E-state index in [-0.39, 0.29) is 30.4 Å². The molecule has 0 radical (unpaired) electrons. The summed E-state index contributed by atoms with van der Waals surface area (Å²) in [5.41, 5.74) is 1.44. The third kappa shape index (κ3) is 3.72. The molecule has 2 amide bonds. The molecule has 1 saturated carbocycles. The van der Waals surface area contributed by atoms with E-state index in [1.807, 2.05) is 31.2 Å². The molecule has 0 bridgehead atoms. The largest absolute Gasteiger partial charge is 0.368 e. The lowest BCUT2D eigenvalue weighted by Gasteiger charge is -2.26. The van der Waals surface area contributed by atoms with E-state index in [0.717, 1.165) is 18.5 Å². The summed E-state index contributed by atoms with van der Waals surface area (Å²) >= 11 is 0. The van der Waals surface area contributed by atoms with Crippen molar-refractivity contribution in [2.45, 2.75) is 45.1 Å². The van der Waals surface area contributed by atoms with Gasteiger partial charge >= 0.3 is 0 Å². The second-order valence-electron chi connectivity index (χ2n) is 6.48. The number of nitrogens with one attached hydrogen (secondary N) is 1. The summed E-state index contributed by atoms with van der Waals surface area (Å²) in [7, 11) is 0. The number of ether oxygens (including phenoxy) is 1. The van der Waals surface area contributed by atoms with Gasteiger partial charge in [0.2, 0.25) is 5.91 Å². The SMILES string of the molecule is C[C@@H]1CN(C(=O)COC2CCCCC2)c2ccccc2NC1=O. The molecule has 0 unspecified atom stereocenters. The number of benzene rings is 1. The zero-order chi connectivity index (χ0) is 16.2. The van der Waals surface area contributed by atoms with Crippen molar-refractivity contribution in [1.29, 1.82) is 0 Å². The van der Waals surface area contributed by atoms with Gasteiger partial charge in [-0.2, -0.15) is 0 Å². The highest BCUT2D eigenvalue weighted by Crippen LogP contribution is 2.30. The molecule has 1 N–H and O–H groups in total. The Hall–Kier alpha value is -1.88. The maximum atomic E-state index is 12.7. The normalized spacial score (nSPS) is 22.2. The summed E-state index contributed by atoms with van der Waals surface area (Å²) in [6.07, 6.45) is 5.91. The van der Waals surface area contributed by atoms with Crippen molar-refractivity contribution in [2.75, 3.05) is 23.4 Å². The van der Waals surface area contributed by atoms with Gasteiger partial charge in [0.1, 0.15) is 6.61 Å². The minimum absolute atomic E-state index is 0.0547. The van der Waals surface area contributed by atoms with Crippen LogP contribution < -0.4 is 10.2 Å². The minimum atomic E-state index is -0.249. The molecule has 0 aromatic heterocycles. The number of hydrogen-bond donors (Lipinski definition) is 1. The molecule has 1 aromatic rings. The molecule has 1 atom stereocenters. The molecule has 3 rings (SSSR count). The van der Waals surface area contributed by atoms with Gasteiger partial charge in [0.15, 0.2) is 0 Å². The second kappa shape index (κ2) is 7.13. The van der Waals surface area contributed by atoms with Crippen molar-refractivity contribution < 1.29 is 14.3 Å². The van der Waals surface area contributed by atoms with Crippen molar-refractivity contribution in [2.24, 2.45) is 5.92 Å². The van der Waals surface area contributed by atoms with E-state index in [2.05, 4.69) is 5.32 Å². The smallest absolute Gasteiger partial charge is 0.253 e. The highest BCUT2D eigenvalue weighted by atomic mass is 16.5. The lowest BCUT2D eigenvalue weighted by Crippen LogP contribution is -2.39. The molecule has 1 aromatic carbocycles. The molecule has 1 fully saturated rings. The number of carbonyl (C=O) groups excluding carboxylic acids is 2. The Labute approximate surface area is 137 Å². The predicted octanol–water partition coefficient (Wildman–Crippen LogP) is 2.96. The Kier molecular flexibility index (Phi) is 4.96. The van der Waals surface area contributed by atoms with Crippen LogP contribution in [-0.2, 0) is 14.3 Å². The molecule has 1 heterocycles. The van der Waals surface area contributed by atoms with E-state index in [1.165, 1.54) is 19.3 Å². The van der Waals surface area contributed by atoms with Crippen molar-refractivity contribution in [1.82, 2.24) is 0 Å². The summed E-state index contributed by atoms with van der Waals surface area (Å²) < 4.78 is 5.82. The first-order valence-electron chi connectivity index (χ1n) is 8.47. The standard InChI is InChI=1S/C18H24N2O3/c1-13-11-20(16-10-6-5-9-15(16)19-18(13)22)17(21)12-23-14-7-3-2-4-8-14/h5-6,9-10,13-14H,2-4,7-8,11-12H2,1H3,(H,19,22)/t13-/m1/s1. The van der Waals surface area contributed by atoms with Gasteiger partial charge in [-0.1, -0.05) is 38.3 Å². The molecule has 0 saturated heterocycles.